The van der Waals surface area contributed by atoms with E-state index in [9.17, 15) is 9.59 Å². The van der Waals surface area contributed by atoms with Gasteiger partial charge < -0.3 is 10.1 Å². The predicted octanol–water partition coefficient (Wildman–Crippen LogP) is -0.845. The van der Waals surface area contributed by atoms with Crippen LogP contribution in [0.3, 0.4) is 0 Å². The van der Waals surface area contributed by atoms with Crippen LogP contribution >= 0.6 is 0 Å². The number of rotatable bonds is 6. The Morgan fingerprint density at radius 3 is 2.53 bits per heavy atom. The summed E-state index contributed by atoms with van der Waals surface area (Å²) in [5.74, 6) is 3.72. The van der Waals surface area contributed by atoms with Crippen LogP contribution in [0, 0.1) is 5.92 Å². The maximum Gasteiger partial charge on any atom is 0.323 e. The van der Waals surface area contributed by atoms with E-state index in [2.05, 4.69) is 19.2 Å². The maximum absolute atomic E-state index is 10.9. The van der Waals surface area contributed by atoms with Gasteiger partial charge in [-0.2, -0.15) is 0 Å². The van der Waals surface area contributed by atoms with E-state index < -0.39 is 11.8 Å². The van der Waals surface area contributed by atoms with Gasteiger partial charge in [-0.25, -0.2) is 5.84 Å². The van der Waals surface area contributed by atoms with E-state index in [1.807, 2.05) is 0 Å². The molecule has 0 aromatic heterocycles. The topological polar surface area (TPSA) is 93.4 Å². The third kappa shape index (κ3) is 7.90. The normalized spacial score (nSPS) is 10.1. The Morgan fingerprint density at radius 1 is 1.33 bits per heavy atom. The Balaban J connectivity index is 3.31. The average molecular weight is 217 g/mol. The van der Waals surface area contributed by atoms with Gasteiger partial charge in [-0.15, -0.1) is 0 Å². The van der Waals surface area contributed by atoms with Gasteiger partial charge in [0.1, 0.15) is 0 Å². The van der Waals surface area contributed by atoms with Gasteiger partial charge in [0, 0.05) is 19.8 Å². The zero-order valence-electron chi connectivity index (χ0n) is 9.21. The lowest BCUT2D eigenvalue weighted by molar-refractivity contribution is -0.139. The maximum atomic E-state index is 10.9. The number of amides is 2. The van der Waals surface area contributed by atoms with Crippen LogP contribution in [0.4, 0.5) is 0 Å². The molecule has 0 aliphatic rings. The van der Waals surface area contributed by atoms with Crippen molar-refractivity contribution in [3.8, 4) is 0 Å². The van der Waals surface area contributed by atoms with Crippen molar-refractivity contribution in [1.82, 2.24) is 10.7 Å². The summed E-state index contributed by atoms with van der Waals surface area (Å²) in [5.41, 5.74) is 1.75. The van der Waals surface area contributed by atoms with E-state index in [0.717, 1.165) is 0 Å². The fraction of sp³-hybridized carbons (Fsp3) is 0.778. The van der Waals surface area contributed by atoms with Crippen molar-refractivity contribution in [2.45, 2.75) is 20.3 Å². The van der Waals surface area contributed by atoms with Crippen LogP contribution in [0.1, 0.15) is 20.3 Å². The van der Waals surface area contributed by atoms with Crippen LogP contribution < -0.4 is 16.6 Å². The minimum atomic E-state index is -0.835. The molecule has 0 heterocycles. The highest BCUT2D eigenvalue weighted by molar-refractivity contribution is 6.34. The fourth-order valence-electron chi connectivity index (χ4n) is 0.841. The molecule has 0 bridgehead atoms. The second-order valence-electron chi connectivity index (χ2n) is 3.55. The van der Waals surface area contributed by atoms with Gasteiger partial charge in [-0.3, -0.25) is 15.0 Å². The summed E-state index contributed by atoms with van der Waals surface area (Å²) in [7, 11) is 0. The molecule has 0 saturated heterocycles. The highest BCUT2D eigenvalue weighted by Gasteiger charge is 2.09. The summed E-state index contributed by atoms with van der Waals surface area (Å²) in [5, 5.41) is 2.41. The first-order valence-electron chi connectivity index (χ1n) is 4.94. The van der Waals surface area contributed by atoms with Crippen molar-refractivity contribution in [2.24, 2.45) is 11.8 Å². The monoisotopic (exact) mass is 217 g/mol. The number of nitrogens with two attached hydrogens (primary N) is 1. The molecule has 15 heavy (non-hydrogen) atoms. The van der Waals surface area contributed by atoms with E-state index in [-0.39, 0.29) is 0 Å². The third-order valence-electron chi connectivity index (χ3n) is 1.54. The average Bonchev–Trinajstić information content (AvgIpc) is 2.21. The molecule has 6 nitrogen and oxygen atoms in total. The molecule has 2 amide bonds. The molecular weight excluding hydrogens is 198 g/mol. The fourth-order valence-corrected chi connectivity index (χ4v) is 0.841. The van der Waals surface area contributed by atoms with Crippen LogP contribution in [0.2, 0.25) is 0 Å². The van der Waals surface area contributed by atoms with Gasteiger partial charge >= 0.3 is 11.8 Å². The lowest BCUT2D eigenvalue weighted by Crippen LogP contribution is -2.43. The first-order valence-corrected chi connectivity index (χ1v) is 4.94. The molecule has 6 heteroatoms. The smallest absolute Gasteiger partial charge is 0.323 e. The van der Waals surface area contributed by atoms with E-state index >= 15 is 0 Å². The largest absolute Gasteiger partial charge is 0.381 e. The van der Waals surface area contributed by atoms with Crippen molar-refractivity contribution in [2.75, 3.05) is 19.8 Å². The summed E-state index contributed by atoms with van der Waals surface area (Å²) in [6.45, 7) is 5.81. The molecule has 0 spiro atoms. The molecule has 0 radical (unpaired) electrons. The Bertz CT molecular complexity index is 207. The van der Waals surface area contributed by atoms with Gasteiger partial charge in [0.25, 0.3) is 0 Å². The van der Waals surface area contributed by atoms with Crippen LogP contribution in [-0.4, -0.2) is 31.6 Å². The molecule has 0 saturated carbocycles. The lowest BCUT2D eigenvalue weighted by Gasteiger charge is -2.07. The minimum absolute atomic E-state index is 0.407. The first-order chi connectivity index (χ1) is 7.07. The van der Waals surface area contributed by atoms with Gasteiger partial charge in [0.15, 0.2) is 0 Å². The number of hydrogen-bond acceptors (Lipinski definition) is 4. The van der Waals surface area contributed by atoms with Crippen molar-refractivity contribution in [3.63, 3.8) is 0 Å². The third-order valence-corrected chi connectivity index (χ3v) is 1.54. The van der Waals surface area contributed by atoms with Gasteiger partial charge in [-0.1, -0.05) is 13.8 Å². The van der Waals surface area contributed by atoms with Crippen molar-refractivity contribution < 1.29 is 14.3 Å². The van der Waals surface area contributed by atoms with E-state index in [1.165, 1.54) is 0 Å². The Hall–Kier alpha value is -1.14. The summed E-state index contributed by atoms with van der Waals surface area (Å²) in [4.78, 5) is 21.5. The summed E-state index contributed by atoms with van der Waals surface area (Å²) in [6, 6.07) is 0. The summed E-state index contributed by atoms with van der Waals surface area (Å²) in [6.07, 6.45) is 0.677. The first kappa shape index (κ1) is 13.9. The number of carbonyl (C=O) groups is 2. The molecule has 0 fully saturated rings. The molecular formula is C9H19N3O3. The molecule has 88 valence electrons. The number of carbonyl (C=O) groups excluding carboxylic acids is 2. The molecule has 0 atom stereocenters. The highest BCUT2D eigenvalue weighted by atomic mass is 16.5. The molecule has 0 aliphatic heterocycles. The van der Waals surface area contributed by atoms with Crippen molar-refractivity contribution in [3.05, 3.63) is 0 Å². The molecule has 0 aromatic rings. The van der Waals surface area contributed by atoms with E-state index in [4.69, 9.17) is 10.6 Å². The van der Waals surface area contributed by atoms with Gasteiger partial charge in [-0.05, 0) is 12.3 Å². The van der Waals surface area contributed by atoms with Gasteiger partial charge in [0.05, 0.1) is 0 Å². The summed E-state index contributed by atoms with van der Waals surface area (Å²) >= 11 is 0. The lowest BCUT2D eigenvalue weighted by atomic mass is 10.2. The molecule has 0 unspecified atom stereocenters. The van der Waals surface area contributed by atoms with Crippen LogP contribution in [0.5, 0.6) is 0 Å². The second-order valence-corrected chi connectivity index (χ2v) is 3.55. The van der Waals surface area contributed by atoms with E-state index in [0.29, 0.717) is 32.1 Å². The standard InChI is InChI=1S/C9H19N3O3/c1-7(2)6-15-5-3-4-11-8(13)9(14)12-10/h7H,3-6,10H2,1-2H3,(H,11,13)(H,12,14). The predicted molar refractivity (Wildman–Crippen MR) is 55.6 cm³/mol. The highest BCUT2D eigenvalue weighted by Crippen LogP contribution is 1.92. The number of hydrogen-bond donors (Lipinski definition) is 3. The van der Waals surface area contributed by atoms with Crippen LogP contribution in [0.25, 0.3) is 0 Å². The number of nitrogens with one attached hydrogen (secondary N) is 2. The second kappa shape index (κ2) is 8.19. The zero-order chi connectivity index (χ0) is 11.7. The quantitative estimate of drug-likeness (QED) is 0.178. The molecule has 4 N–H and O–H groups in total. The molecule has 0 rings (SSSR count). The van der Waals surface area contributed by atoms with Crippen LogP contribution in [-0.2, 0) is 14.3 Å². The minimum Gasteiger partial charge on any atom is -0.381 e. The van der Waals surface area contributed by atoms with Crippen LogP contribution in [0.15, 0.2) is 0 Å². The van der Waals surface area contributed by atoms with E-state index in [1.54, 1.807) is 5.43 Å². The molecule has 0 aromatic carbocycles. The Morgan fingerprint density at radius 2 is 2.00 bits per heavy atom. The van der Waals surface area contributed by atoms with Crippen molar-refractivity contribution >= 4 is 11.8 Å². The SMILES string of the molecule is CC(C)COCCCNC(=O)C(=O)NN. The molecule has 0 aliphatic carbocycles. The summed E-state index contributed by atoms with van der Waals surface area (Å²) < 4.78 is 5.29. The number of hydrazine groups is 1. The zero-order valence-corrected chi connectivity index (χ0v) is 9.21. The Kier molecular flexibility index (Phi) is 7.57. The van der Waals surface area contributed by atoms with Crippen molar-refractivity contribution in [1.29, 1.82) is 0 Å². The number of ether oxygens (including phenoxy) is 1. The Labute approximate surface area is 89.5 Å². The van der Waals surface area contributed by atoms with Gasteiger partial charge in [0.2, 0.25) is 0 Å².